The van der Waals surface area contributed by atoms with Crippen LogP contribution in [0.2, 0.25) is 0 Å². The highest BCUT2D eigenvalue weighted by Crippen LogP contribution is 2.12. The number of nitrogens with zero attached hydrogens (tertiary/aromatic N) is 4. The second-order valence-electron chi connectivity index (χ2n) is 3.87. The maximum Gasteiger partial charge on any atom is 0.257 e. The fraction of sp³-hybridized carbons (Fsp3) is 0.364. The zero-order chi connectivity index (χ0) is 11.7. The lowest BCUT2D eigenvalue weighted by atomic mass is 10.2. The molecule has 6 heteroatoms. The Bertz CT molecular complexity index is 545. The van der Waals surface area contributed by atoms with Crippen LogP contribution in [0.3, 0.4) is 0 Å². The minimum absolute atomic E-state index is 0.00343. The van der Waals surface area contributed by atoms with E-state index in [9.17, 15) is 4.79 Å². The lowest BCUT2D eigenvalue weighted by Gasteiger charge is -2.26. The number of morpholine rings is 1. The summed E-state index contributed by atoms with van der Waals surface area (Å²) in [7, 11) is 0. The van der Waals surface area contributed by atoms with Gasteiger partial charge in [-0.15, -0.1) is 0 Å². The number of carbonyl (C=O) groups excluding carboxylic acids is 1. The van der Waals surface area contributed by atoms with Crippen LogP contribution < -0.4 is 0 Å². The third kappa shape index (κ3) is 1.76. The summed E-state index contributed by atoms with van der Waals surface area (Å²) in [5.74, 6) is -0.00343. The molecule has 1 aliphatic rings. The van der Waals surface area contributed by atoms with E-state index in [4.69, 9.17) is 4.74 Å². The number of hydrogen-bond acceptors (Lipinski definition) is 4. The van der Waals surface area contributed by atoms with Gasteiger partial charge in [0.25, 0.3) is 5.91 Å². The van der Waals surface area contributed by atoms with Crippen LogP contribution in [0.15, 0.2) is 24.8 Å². The maximum atomic E-state index is 12.3. The van der Waals surface area contributed by atoms with Crippen molar-refractivity contribution in [1.29, 1.82) is 0 Å². The quantitative estimate of drug-likeness (QED) is 0.704. The Kier molecular flexibility index (Phi) is 2.49. The van der Waals surface area contributed by atoms with Gasteiger partial charge in [0.15, 0.2) is 0 Å². The van der Waals surface area contributed by atoms with Gasteiger partial charge in [-0.2, -0.15) is 5.10 Å². The average Bonchev–Trinajstić information content (AvgIpc) is 2.83. The predicted octanol–water partition coefficient (Wildman–Crippen LogP) is 0.202. The number of rotatable bonds is 1. The van der Waals surface area contributed by atoms with Crippen molar-refractivity contribution in [3.63, 3.8) is 0 Å². The molecule has 2 aromatic heterocycles. The lowest BCUT2D eigenvalue weighted by Crippen LogP contribution is -2.40. The van der Waals surface area contributed by atoms with E-state index in [1.54, 1.807) is 34.2 Å². The fourth-order valence-corrected chi connectivity index (χ4v) is 1.94. The Labute approximate surface area is 97.8 Å². The molecule has 1 aliphatic heterocycles. The van der Waals surface area contributed by atoms with Crippen molar-refractivity contribution in [2.24, 2.45) is 0 Å². The van der Waals surface area contributed by atoms with E-state index in [0.29, 0.717) is 31.9 Å². The largest absolute Gasteiger partial charge is 0.378 e. The maximum absolute atomic E-state index is 12.3. The first-order chi connectivity index (χ1) is 8.36. The van der Waals surface area contributed by atoms with Crippen molar-refractivity contribution in [3.05, 3.63) is 30.4 Å². The molecule has 1 saturated heterocycles. The van der Waals surface area contributed by atoms with Crippen molar-refractivity contribution in [2.45, 2.75) is 0 Å². The van der Waals surface area contributed by atoms with E-state index < -0.39 is 0 Å². The third-order valence-corrected chi connectivity index (χ3v) is 2.85. The number of ether oxygens (including phenoxy) is 1. The second-order valence-corrected chi connectivity index (χ2v) is 3.87. The standard InChI is InChI=1S/C11H12N4O2/c16-11(14-3-5-17-6-4-14)9-7-13-15-2-1-12-8-10(9)15/h1-2,7-8H,3-6H2. The summed E-state index contributed by atoms with van der Waals surface area (Å²) < 4.78 is 6.88. The molecule has 0 radical (unpaired) electrons. The molecule has 0 aliphatic carbocycles. The van der Waals surface area contributed by atoms with E-state index in [1.165, 1.54) is 0 Å². The van der Waals surface area contributed by atoms with E-state index in [1.807, 2.05) is 0 Å². The van der Waals surface area contributed by atoms with Crippen LogP contribution in [0, 0.1) is 0 Å². The molecule has 1 fully saturated rings. The molecule has 0 spiro atoms. The van der Waals surface area contributed by atoms with Gasteiger partial charge in [0.05, 0.1) is 36.7 Å². The molecular formula is C11H12N4O2. The van der Waals surface area contributed by atoms with Crippen LogP contribution in [0.4, 0.5) is 0 Å². The van der Waals surface area contributed by atoms with Crippen LogP contribution in [-0.4, -0.2) is 51.7 Å². The summed E-state index contributed by atoms with van der Waals surface area (Å²) in [6.07, 6.45) is 6.61. The van der Waals surface area contributed by atoms with Crippen LogP contribution >= 0.6 is 0 Å². The Balaban J connectivity index is 1.95. The summed E-state index contributed by atoms with van der Waals surface area (Å²) in [6, 6.07) is 0. The van der Waals surface area contributed by atoms with Gasteiger partial charge in [0.1, 0.15) is 0 Å². The Morgan fingerprint density at radius 1 is 1.29 bits per heavy atom. The van der Waals surface area contributed by atoms with Gasteiger partial charge >= 0.3 is 0 Å². The number of aromatic nitrogens is 3. The molecule has 17 heavy (non-hydrogen) atoms. The van der Waals surface area contributed by atoms with E-state index >= 15 is 0 Å². The molecular weight excluding hydrogens is 220 g/mol. The van der Waals surface area contributed by atoms with Crippen LogP contribution in [0.5, 0.6) is 0 Å². The van der Waals surface area contributed by atoms with Gasteiger partial charge in [-0.05, 0) is 0 Å². The summed E-state index contributed by atoms with van der Waals surface area (Å²) in [5.41, 5.74) is 1.34. The highest BCUT2D eigenvalue weighted by atomic mass is 16.5. The van der Waals surface area contributed by atoms with Crippen LogP contribution in [-0.2, 0) is 4.74 Å². The molecule has 0 saturated carbocycles. The van der Waals surface area contributed by atoms with Gasteiger partial charge in [-0.1, -0.05) is 0 Å². The zero-order valence-corrected chi connectivity index (χ0v) is 9.24. The van der Waals surface area contributed by atoms with Crippen molar-refractivity contribution >= 4 is 11.4 Å². The van der Waals surface area contributed by atoms with Gasteiger partial charge in [-0.3, -0.25) is 9.78 Å². The molecule has 6 nitrogen and oxygen atoms in total. The number of hydrogen-bond donors (Lipinski definition) is 0. The first-order valence-electron chi connectivity index (χ1n) is 5.50. The molecule has 88 valence electrons. The van der Waals surface area contributed by atoms with Crippen molar-refractivity contribution in [3.8, 4) is 0 Å². The normalized spacial score (nSPS) is 16.4. The summed E-state index contributed by atoms with van der Waals surface area (Å²) in [5, 5.41) is 4.13. The van der Waals surface area contributed by atoms with Gasteiger partial charge in [0, 0.05) is 25.5 Å². The molecule has 3 heterocycles. The Morgan fingerprint density at radius 3 is 2.94 bits per heavy atom. The molecule has 3 rings (SSSR count). The molecule has 0 bridgehead atoms. The Hall–Kier alpha value is -1.95. The second kappa shape index (κ2) is 4.14. The molecule has 2 aromatic rings. The van der Waals surface area contributed by atoms with Crippen LogP contribution in [0.1, 0.15) is 10.4 Å². The predicted molar refractivity (Wildman–Crippen MR) is 59.7 cm³/mol. The van der Waals surface area contributed by atoms with Gasteiger partial charge < -0.3 is 9.64 Å². The highest BCUT2D eigenvalue weighted by Gasteiger charge is 2.21. The van der Waals surface area contributed by atoms with Crippen molar-refractivity contribution in [2.75, 3.05) is 26.3 Å². The SMILES string of the molecule is O=C(c1cnn2ccncc12)N1CCOCC1. The lowest BCUT2D eigenvalue weighted by molar-refractivity contribution is 0.0304. The summed E-state index contributed by atoms with van der Waals surface area (Å²) in [4.78, 5) is 18.1. The minimum atomic E-state index is -0.00343. The summed E-state index contributed by atoms with van der Waals surface area (Å²) >= 11 is 0. The summed E-state index contributed by atoms with van der Waals surface area (Å²) in [6.45, 7) is 2.47. The van der Waals surface area contributed by atoms with E-state index in [0.717, 1.165) is 5.52 Å². The first kappa shape index (κ1) is 10.2. The Morgan fingerprint density at radius 2 is 2.12 bits per heavy atom. The molecule has 1 amide bonds. The van der Waals surface area contributed by atoms with Crippen LogP contribution in [0.25, 0.3) is 5.52 Å². The molecule has 0 unspecified atom stereocenters. The van der Waals surface area contributed by atoms with E-state index in [2.05, 4.69) is 10.1 Å². The van der Waals surface area contributed by atoms with Gasteiger partial charge in [0.2, 0.25) is 0 Å². The number of amides is 1. The van der Waals surface area contributed by atoms with Crippen molar-refractivity contribution in [1.82, 2.24) is 19.5 Å². The number of fused-ring (bicyclic) bond motifs is 1. The minimum Gasteiger partial charge on any atom is -0.378 e. The molecule has 0 N–H and O–H groups in total. The average molecular weight is 232 g/mol. The third-order valence-electron chi connectivity index (χ3n) is 2.85. The zero-order valence-electron chi connectivity index (χ0n) is 9.24. The van der Waals surface area contributed by atoms with E-state index in [-0.39, 0.29) is 5.91 Å². The first-order valence-corrected chi connectivity index (χ1v) is 5.50. The van der Waals surface area contributed by atoms with Crippen molar-refractivity contribution < 1.29 is 9.53 Å². The topological polar surface area (TPSA) is 59.7 Å². The monoisotopic (exact) mass is 232 g/mol. The smallest absolute Gasteiger partial charge is 0.257 e. The molecule has 0 aromatic carbocycles. The fourth-order valence-electron chi connectivity index (χ4n) is 1.94. The highest BCUT2D eigenvalue weighted by molar-refractivity contribution is 6.00. The number of carbonyl (C=O) groups is 1. The molecule has 0 atom stereocenters. The van der Waals surface area contributed by atoms with Gasteiger partial charge in [-0.25, -0.2) is 4.52 Å².